The Balaban J connectivity index is 2.51. The van der Waals surface area contributed by atoms with Crippen molar-refractivity contribution in [2.45, 2.75) is 19.0 Å². The smallest absolute Gasteiger partial charge is 0.320 e. The topological polar surface area (TPSA) is 124 Å². The van der Waals surface area contributed by atoms with Crippen LogP contribution in [-0.4, -0.2) is 31.8 Å². The molecule has 8 nitrogen and oxygen atoms in total. The first-order valence-corrected chi connectivity index (χ1v) is 4.16. The molecule has 0 radical (unpaired) electrons. The largest absolute Gasteiger partial charge is 0.480 e. The lowest BCUT2D eigenvalue weighted by Gasteiger charge is -2.04. The molecule has 1 rings (SSSR count). The van der Waals surface area contributed by atoms with Crippen LogP contribution in [0.15, 0.2) is 12.4 Å². The normalized spacial score (nSPS) is 12.3. The fraction of sp³-hybridized carbons (Fsp3) is 0.429. The van der Waals surface area contributed by atoms with Gasteiger partial charge in [-0.15, -0.1) is 0 Å². The van der Waals surface area contributed by atoms with E-state index in [1.165, 1.54) is 10.9 Å². The van der Waals surface area contributed by atoms with Crippen molar-refractivity contribution < 1.29 is 14.8 Å². The maximum absolute atomic E-state index is 10.4. The van der Waals surface area contributed by atoms with Crippen molar-refractivity contribution in [3.63, 3.8) is 0 Å². The molecule has 0 fully saturated rings. The van der Waals surface area contributed by atoms with Crippen molar-refractivity contribution in [1.82, 2.24) is 9.78 Å². The highest BCUT2D eigenvalue weighted by Gasteiger charge is 2.13. The molecule has 0 spiro atoms. The van der Waals surface area contributed by atoms with Gasteiger partial charge in [0.1, 0.15) is 18.4 Å². The Morgan fingerprint density at radius 2 is 2.47 bits per heavy atom. The minimum absolute atomic E-state index is 0.126. The second kappa shape index (κ2) is 4.51. The van der Waals surface area contributed by atoms with Crippen LogP contribution in [0.25, 0.3) is 0 Å². The number of carboxylic acids is 1. The third-order valence-corrected chi connectivity index (χ3v) is 1.82. The number of hydrogen-bond donors (Lipinski definition) is 2. The molecule has 1 unspecified atom stereocenters. The Labute approximate surface area is 84.4 Å². The molecule has 15 heavy (non-hydrogen) atoms. The van der Waals surface area contributed by atoms with E-state index >= 15 is 0 Å². The van der Waals surface area contributed by atoms with Gasteiger partial charge in [0, 0.05) is 6.54 Å². The molecule has 0 aliphatic heterocycles. The van der Waals surface area contributed by atoms with E-state index in [-0.39, 0.29) is 18.7 Å². The molecular formula is C7H10N4O4. The Bertz CT molecular complexity index is 375. The first kappa shape index (κ1) is 11.1. The number of hydrogen-bond acceptors (Lipinski definition) is 5. The molecule has 1 aromatic rings. The number of aromatic nitrogens is 2. The zero-order chi connectivity index (χ0) is 11.4. The van der Waals surface area contributed by atoms with Crippen LogP contribution in [0.4, 0.5) is 5.69 Å². The van der Waals surface area contributed by atoms with E-state index in [0.717, 1.165) is 6.20 Å². The van der Waals surface area contributed by atoms with Gasteiger partial charge in [0.05, 0.1) is 4.92 Å². The van der Waals surface area contributed by atoms with Gasteiger partial charge in [0.25, 0.3) is 0 Å². The molecule has 1 aromatic heterocycles. The molecule has 0 aliphatic rings. The molecule has 82 valence electrons. The predicted octanol–water partition coefficient (Wildman–Crippen LogP) is -0.407. The highest BCUT2D eigenvalue weighted by Crippen LogP contribution is 2.08. The Kier molecular flexibility index (Phi) is 3.34. The van der Waals surface area contributed by atoms with Crippen molar-refractivity contribution in [3.05, 3.63) is 22.5 Å². The zero-order valence-electron chi connectivity index (χ0n) is 7.74. The molecule has 1 atom stereocenters. The van der Waals surface area contributed by atoms with Crippen LogP contribution in [0, 0.1) is 10.1 Å². The fourth-order valence-electron chi connectivity index (χ4n) is 0.964. The summed E-state index contributed by atoms with van der Waals surface area (Å²) in [6.45, 7) is 0.237. The van der Waals surface area contributed by atoms with Crippen LogP contribution in [0.2, 0.25) is 0 Å². The minimum Gasteiger partial charge on any atom is -0.480 e. The summed E-state index contributed by atoms with van der Waals surface area (Å²) in [6, 6.07) is -0.978. The third-order valence-electron chi connectivity index (χ3n) is 1.82. The summed E-state index contributed by atoms with van der Waals surface area (Å²) in [7, 11) is 0. The second-order valence-electron chi connectivity index (χ2n) is 2.95. The van der Waals surface area contributed by atoms with Crippen LogP contribution in [0.1, 0.15) is 6.42 Å². The summed E-state index contributed by atoms with van der Waals surface area (Å²) in [5, 5.41) is 22.5. The minimum atomic E-state index is -1.10. The Hall–Kier alpha value is -1.96. The molecule has 0 aliphatic carbocycles. The maximum atomic E-state index is 10.4. The summed E-state index contributed by atoms with van der Waals surface area (Å²) < 4.78 is 1.29. The van der Waals surface area contributed by atoms with Gasteiger partial charge >= 0.3 is 11.7 Å². The van der Waals surface area contributed by atoms with Gasteiger partial charge in [-0.1, -0.05) is 0 Å². The number of aryl methyl sites for hydroxylation is 1. The lowest BCUT2D eigenvalue weighted by Crippen LogP contribution is -2.31. The average Bonchev–Trinajstić information content (AvgIpc) is 2.62. The first-order chi connectivity index (χ1) is 7.00. The van der Waals surface area contributed by atoms with Gasteiger partial charge in [-0.05, 0) is 6.42 Å². The van der Waals surface area contributed by atoms with Crippen molar-refractivity contribution in [1.29, 1.82) is 0 Å². The molecule has 0 saturated heterocycles. The molecule has 3 N–H and O–H groups in total. The predicted molar refractivity (Wildman–Crippen MR) is 49.1 cm³/mol. The van der Waals surface area contributed by atoms with Crippen molar-refractivity contribution in [2.24, 2.45) is 5.73 Å². The number of nitrogens with two attached hydrogens (primary N) is 1. The quantitative estimate of drug-likeness (QED) is 0.507. The van der Waals surface area contributed by atoms with Gasteiger partial charge in [0.2, 0.25) is 0 Å². The molecule has 0 bridgehead atoms. The van der Waals surface area contributed by atoms with Crippen LogP contribution >= 0.6 is 0 Å². The fourth-order valence-corrected chi connectivity index (χ4v) is 0.964. The van der Waals surface area contributed by atoms with Gasteiger partial charge in [-0.2, -0.15) is 5.10 Å². The zero-order valence-corrected chi connectivity index (χ0v) is 7.74. The van der Waals surface area contributed by atoms with Crippen molar-refractivity contribution in [2.75, 3.05) is 0 Å². The standard InChI is InChI=1S/C7H10N4O4/c8-6(7(12)13)1-2-10-4-5(3-9-10)11(14)15/h3-4,6H,1-2,8H2,(H,12,13). The summed E-state index contributed by atoms with van der Waals surface area (Å²) in [5.74, 6) is -1.10. The summed E-state index contributed by atoms with van der Waals surface area (Å²) >= 11 is 0. The Morgan fingerprint density at radius 3 is 2.93 bits per heavy atom. The number of aliphatic carboxylic acids is 1. The van der Waals surface area contributed by atoms with E-state index < -0.39 is 16.9 Å². The maximum Gasteiger partial charge on any atom is 0.320 e. The average molecular weight is 214 g/mol. The third kappa shape index (κ3) is 3.02. The van der Waals surface area contributed by atoms with Gasteiger partial charge in [0.15, 0.2) is 0 Å². The lowest BCUT2D eigenvalue weighted by atomic mass is 10.2. The van der Waals surface area contributed by atoms with Crippen LogP contribution in [-0.2, 0) is 11.3 Å². The van der Waals surface area contributed by atoms with Crippen LogP contribution < -0.4 is 5.73 Å². The van der Waals surface area contributed by atoms with Crippen LogP contribution in [0.5, 0.6) is 0 Å². The number of nitrogens with zero attached hydrogens (tertiary/aromatic N) is 3. The number of rotatable bonds is 5. The van der Waals surface area contributed by atoms with E-state index in [4.69, 9.17) is 10.8 Å². The van der Waals surface area contributed by atoms with E-state index in [1.54, 1.807) is 0 Å². The lowest BCUT2D eigenvalue weighted by molar-refractivity contribution is -0.385. The van der Waals surface area contributed by atoms with Crippen molar-refractivity contribution in [3.8, 4) is 0 Å². The van der Waals surface area contributed by atoms with E-state index in [2.05, 4.69) is 5.10 Å². The summed E-state index contributed by atoms with van der Waals surface area (Å²) in [5.41, 5.74) is 5.13. The Morgan fingerprint density at radius 1 is 1.80 bits per heavy atom. The second-order valence-corrected chi connectivity index (χ2v) is 2.95. The molecule has 0 saturated carbocycles. The first-order valence-electron chi connectivity index (χ1n) is 4.16. The monoisotopic (exact) mass is 214 g/mol. The highest BCUT2D eigenvalue weighted by atomic mass is 16.6. The van der Waals surface area contributed by atoms with Crippen molar-refractivity contribution >= 4 is 11.7 Å². The van der Waals surface area contributed by atoms with E-state index in [9.17, 15) is 14.9 Å². The van der Waals surface area contributed by atoms with E-state index in [1.807, 2.05) is 0 Å². The number of carbonyl (C=O) groups is 1. The number of carboxylic acid groups (broad SMARTS) is 1. The summed E-state index contributed by atoms with van der Waals surface area (Å²) in [4.78, 5) is 20.1. The van der Waals surface area contributed by atoms with E-state index in [0.29, 0.717) is 0 Å². The molecule has 0 amide bonds. The van der Waals surface area contributed by atoms with Gasteiger partial charge in [-0.25, -0.2) is 0 Å². The SMILES string of the molecule is NC(CCn1cc([N+](=O)[O-])cn1)C(=O)O. The van der Waals surface area contributed by atoms with Crippen LogP contribution in [0.3, 0.4) is 0 Å². The summed E-state index contributed by atoms with van der Waals surface area (Å²) in [6.07, 6.45) is 2.51. The van der Waals surface area contributed by atoms with Gasteiger partial charge in [-0.3, -0.25) is 19.6 Å². The molecule has 0 aromatic carbocycles. The molecular weight excluding hydrogens is 204 g/mol. The highest BCUT2D eigenvalue weighted by molar-refractivity contribution is 5.72. The van der Waals surface area contributed by atoms with Gasteiger partial charge < -0.3 is 10.8 Å². The molecule has 8 heteroatoms. The number of nitro groups is 1. The molecule has 1 heterocycles.